The highest BCUT2D eigenvalue weighted by atomic mass is 32.2. The van der Waals surface area contributed by atoms with Gasteiger partial charge < -0.3 is 15.1 Å². The highest BCUT2D eigenvalue weighted by molar-refractivity contribution is 7.99. The summed E-state index contributed by atoms with van der Waals surface area (Å²) in [5.41, 5.74) is 0.813. The van der Waals surface area contributed by atoms with Crippen molar-refractivity contribution in [2.75, 3.05) is 37.2 Å². The maximum Gasteiger partial charge on any atom is 0.321 e. The Morgan fingerprint density at radius 2 is 1.86 bits per heavy atom. The largest absolute Gasteiger partial charge is 0.339 e. The summed E-state index contributed by atoms with van der Waals surface area (Å²) in [6, 6.07) is 7.62. The number of hydrogen-bond acceptors (Lipinski definition) is 3. The van der Waals surface area contributed by atoms with Gasteiger partial charge in [0.1, 0.15) is 0 Å². The number of para-hydroxylation sites is 1. The van der Waals surface area contributed by atoms with Gasteiger partial charge in [-0.25, -0.2) is 4.79 Å². The van der Waals surface area contributed by atoms with E-state index < -0.39 is 0 Å². The van der Waals surface area contributed by atoms with E-state index in [1.165, 1.54) is 0 Å². The van der Waals surface area contributed by atoms with Gasteiger partial charge in [-0.15, -0.1) is 18.3 Å². The van der Waals surface area contributed by atoms with E-state index >= 15 is 0 Å². The van der Waals surface area contributed by atoms with Crippen molar-refractivity contribution in [1.29, 1.82) is 0 Å². The highest BCUT2D eigenvalue weighted by Crippen LogP contribution is 2.27. The topological polar surface area (TPSA) is 52.7 Å². The molecular weight excluding hydrogens is 298 g/mol. The van der Waals surface area contributed by atoms with Crippen molar-refractivity contribution in [2.45, 2.75) is 11.8 Å². The third-order valence-corrected chi connectivity index (χ3v) is 4.57. The molecule has 0 unspecified atom stereocenters. The molecule has 2 rings (SSSR count). The Labute approximate surface area is 135 Å². The Kier molecular flexibility index (Phi) is 5.89. The lowest BCUT2D eigenvalue weighted by Crippen LogP contribution is -2.51. The number of benzene rings is 1. The molecule has 0 radical (unpaired) electrons. The third-order valence-electron chi connectivity index (χ3n) is 3.50. The zero-order valence-corrected chi connectivity index (χ0v) is 13.6. The fourth-order valence-corrected chi connectivity index (χ4v) is 3.01. The Hall–Kier alpha value is -1.95. The number of hydrogen-bond donors (Lipinski definition) is 1. The summed E-state index contributed by atoms with van der Waals surface area (Å²) in [4.78, 5) is 28.2. The first-order valence-electron chi connectivity index (χ1n) is 7.26. The number of carbonyl (C=O) groups is 2. The summed E-state index contributed by atoms with van der Waals surface area (Å²) in [5.74, 6) is 0.857. The molecule has 0 aromatic heterocycles. The Morgan fingerprint density at radius 3 is 2.50 bits per heavy atom. The molecule has 22 heavy (non-hydrogen) atoms. The predicted octanol–water partition coefficient (Wildman–Crippen LogP) is 2.66. The molecule has 3 amide bonds. The Morgan fingerprint density at radius 1 is 1.23 bits per heavy atom. The molecule has 1 aliphatic rings. The van der Waals surface area contributed by atoms with Crippen LogP contribution in [0.2, 0.25) is 0 Å². The number of piperazine rings is 1. The minimum absolute atomic E-state index is 0.0613. The van der Waals surface area contributed by atoms with E-state index in [0.717, 1.165) is 16.3 Å². The molecule has 0 bridgehead atoms. The van der Waals surface area contributed by atoms with E-state index in [-0.39, 0.29) is 11.9 Å². The van der Waals surface area contributed by atoms with Crippen LogP contribution >= 0.6 is 11.8 Å². The van der Waals surface area contributed by atoms with E-state index in [2.05, 4.69) is 11.9 Å². The van der Waals surface area contributed by atoms with Crippen LogP contribution in [0.3, 0.4) is 0 Å². The van der Waals surface area contributed by atoms with E-state index in [0.29, 0.717) is 26.2 Å². The molecule has 6 heteroatoms. The Bertz CT molecular complexity index is 554. The van der Waals surface area contributed by atoms with Crippen LogP contribution in [0.5, 0.6) is 0 Å². The van der Waals surface area contributed by atoms with Gasteiger partial charge in [0, 0.05) is 43.8 Å². The van der Waals surface area contributed by atoms with Gasteiger partial charge in [-0.1, -0.05) is 18.2 Å². The number of amides is 3. The molecule has 118 valence electrons. The molecule has 1 N–H and O–H groups in total. The molecule has 0 atom stereocenters. The van der Waals surface area contributed by atoms with Crippen LogP contribution in [0.1, 0.15) is 6.92 Å². The van der Waals surface area contributed by atoms with E-state index in [4.69, 9.17) is 0 Å². The van der Waals surface area contributed by atoms with E-state index in [1.54, 1.807) is 28.5 Å². The lowest BCUT2D eigenvalue weighted by molar-refractivity contribution is -0.130. The van der Waals surface area contributed by atoms with Crippen LogP contribution in [0, 0.1) is 0 Å². The number of rotatable bonds is 4. The second kappa shape index (κ2) is 7.89. The van der Waals surface area contributed by atoms with Crippen LogP contribution in [0.4, 0.5) is 10.5 Å². The summed E-state index contributed by atoms with van der Waals surface area (Å²) in [6.07, 6.45) is 1.84. The minimum atomic E-state index is -0.116. The monoisotopic (exact) mass is 319 g/mol. The number of thioether (sulfide) groups is 1. The average molecular weight is 319 g/mol. The molecule has 1 aromatic rings. The van der Waals surface area contributed by atoms with Crippen molar-refractivity contribution in [2.24, 2.45) is 0 Å². The fourth-order valence-electron chi connectivity index (χ4n) is 2.26. The van der Waals surface area contributed by atoms with Crippen LogP contribution < -0.4 is 5.32 Å². The smallest absolute Gasteiger partial charge is 0.321 e. The second-order valence-electron chi connectivity index (χ2n) is 5.02. The number of urea groups is 1. The summed E-state index contributed by atoms with van der Waals surface area (Å²) < 4.78 is 0. The van der Waals surface area contributed by atoms with Gasteiger partial charge in [-0.2, -0.15) is 0 Å². The fraction of sp³-hybridized carbons (Fsp3) is 0.375. The van der Waals surface area contributed by atoms with Crippen LogP contribution in [-0.2, 0) is 4.79 Å². The first kappa shape index (κ1) is 16.4. The van der Waals surface area contributed by atoms with Crippen LogP contribution in [-0.4, -0.2) is 53.7 Å². The van der Waals surface area contributed by atoms with Crippen molar-refractivity contribution >= 4 is 29.4 Å². The lowest BCUT2D eigenvalue weighted by atomic mass is 10.3. The molecule has 0 spiro atoms. The maximum absolute atomic E-state index is 12.4. The van der Waals surface area contributed by atoms with Crippen molar-refractivity contribution < 1.29 is 9.59 Å². The molecule has 0 saturated carbocycles. The molecule has 0 aliphatic carbocycles. The first-order valence-corrected chi connectivity index (χ1v) is 8.24. The Balaban J connectivity index is 1.95. The predicted molar refractivity (Wildman–Crippen MR) is 90.2 cm³/mol. The van der Waals surface area contributed by atoms with Crippen LogP contribution in [0.25, 0.3) is 0 Å². The first-order chi connectivity index (χ1) is 10.6. The maximum atomic E-state index is 12.4. The summed E-state index contributed by atoms with van der Waals surface area (Å²) in [5, 5.41) is 2.96. The summed E-state index contributed by atoms with van der Waals surface area (Å²) >= 11 is 1.64. The molecule has 1 saturated heterocycles. The van der Waals surface area contributed by atoms with Gasteiger partial charge in [0.15, 0.2) is 0 Å². The van der Waals surface area contributed by atoms with Gasteiger partial charge >= 0.3 is 6.03 Å². The van der Waals surface area contributed by atoms with Gasteiger partial charge in [0.05, 0.1) is 5.69 Å². The standard InChI is InChI=1S/C16H21N3O2S/c1-3-12-22-15-7-5-4-6-14(15)17-16(21)19-10-8-18(9-11-19)13(2)20/h3-7H,1,8-12H2,2H3,(H,17,21). The van der Waals surface area contributed by atoms with E-state index in [9.17, 15) is 9.59 Å². The quantitative estimate of drug-likeness (QED) is 0.686. The summed E-state index contributed by atoms with van der Waals surface area (Å²) in [6.45, 7) is 7.58. The highest BCUT2D eigenvalue weighted by Gasteiger charge is 2.22. The van der Waals surface area contributed by atoms with Crippen molar-refractivity contribution in [3.05, 3.63) is 36.9 Å². The molecule has 5 nitrogen and oxygen atoms in total. The molecule has 1 aliphatic heterocycles. The van der Waals surface area contributed by atoms with Crippen molar-refractivity contribution in [3.8, 4) is 0 Å². The molecule has 1 heterocycles. The zero-order chi connectivity index (χ0) is 15.9. The molecule has 1 aromatic carbocycles. The van der Waals surface area contributed by atoms with Crippen molar-refractivity contribution in [1.82, 2.24) is 9.80 Å². The number of nitrogens with zero attached hydrogens (tertiary/aromatic N) is 2. The lowest BCUT2D eigenvalue weighted by Gasteiger charge is -2.34. The average Bonchev–Trinajstić information content (AvgIpc) is 2.54. The normalized spacial score (nSPS) is 14.6. The number of anilines is 1. The van der Waals surface area contributed by atoms with Crippen LogP contribution in [0.15, 0.2) is 41.8 Å². The van der Waals surface area contributed by atoms with E-state index in [1.807, 2.05) is 30.3 Å². The summed E-state index contributed by atoms with van der Waals surface area (Å²) in [7, 11) is 0. The minimum Gasteiger partial charge on any atom is -0.339 e. The molecule has 1 fully saturated rings. The van der Waals surface area contributed by atoms with Gasteiger partial charge in [-0.05, 0) is 12.1 Å². The second-order valence-corrected chi connectivity index (χ2v) is 6.08. The zero-order valence-electron chi connectivity index (χ0n) is 12.7. The number of nitrogens with one attached hydrogen (secondary N) is 1. The van der Waals surface area contributed by atoms with Crippen molar-refractivity contribution in [3.63, 3.8) is 0 Å². The third kappa shape index (κ3) is 4.27. The van der Waals surface area contributed by atoms with Gasteiger partial charge in [0.2, 0.25) is 5.91 Å². The molecular formula is C16H21N3O2S. The number of carbonyl (C=O) groups excluding carboxylic acids is 2. The SMILES string of the molecule is C=CCSc1ccccc1NC(=O)N1CCN(C(C)=O)CC1. The van der Waals surface area contributed by atoms with Gasteiger partial charge in [-0.3, -0.25) is 4.79 Å². The van der Waals surface area contributed by atoms with Gasteiger partial charge in [0.25, 0.3) is 0 Å².